The largest absolute Gasteiger partial charge is 0.263 e. The molecule has 1 N–H and O–H groups in total. The van der Waals surface area contributed by atoms with Crippen LogP contribution in [0.2, 0.25) is 0 Å². The SMILES string of the molecule is CCCn1nc(NS(=O)(=O)c2ccc(Br)cc2)c2cc3cc(C)ccc3nc21. The van der Waals surface area contributed by atoms with Gasteiger partial charge in [-0.1, -0.05) is 34.5 Å². The van der Waals surface area contributed by atoms with E-state index in [4.69, 9.17) is 4.98 Å². The Morgan fingerprint density at radius 1 is 1.11 bits per heavy atom. The van der Waals surface area contributed by atoms with E-state index in [2.05, 4.69) is 25.8 Å². The van der Waals surface area contributed by atoms with Gasteiger partial charge in [0.05, 0.1) is 15.8 Å². The van der Waals surface area contributed by atoms with Crippen LogP contribution < -0.4 is 4.72 Å². The van der Waals surface area contributed by atoms with Gasteiger partial charge in [-0.05, 0) is 55.8 Å². The van der Waals surface area contributed by atoms with Crippen molar-refractivity contribution >= 4 is 53.7 Å². The molecule has 0 aliphatic carbocycles. The van der Waals surface area contributed by atoms with Gasteiger partial charge >= 0.3 is 0 Å². The van der Waals surface area contributed by atoms with Crippen LogP contribution in [0.3, 0.4) is 0 Å². The van der Waals surface area contributed by atoms with Crippen LogP contribution in [0.25, 0.3) is 21.9 Å². The summed E-state index contributed by atoms with van der Waals surface area (Å²) in [7, 11) is -3.76. The molecule has 0 saturated heterocycles. The maximum absolute atomic E-state index is 12.8. The third kappa shape index (κ3) is 3.49. The molecule has 0 bridgehead atoms. The van der Waals surface area contributed by atoms with Gasteiger partial charge in [-0.3, -0.25) is 4.72 Å². The standard InChI is InChI=1S/C20H19BrN4O2S/c1-3-10-25-20-17(12-14-11-13(2)4-9-18(14)22-20)19(23-25)24-28(26,27)16-7-5-15(21)6-8-16/h4-9,11-12H,3,10H2,1-2H3,(H,23,24). The first-order valence-corrected chi connectivity index (χ1v) is 11.2. The average molecular weight is 459 g/mol. The summed E-state index contributed by atoms with van der Waals surface area (Å²) in [6, 6.07) is 14.5. The minimum absolute atomic E-state index is 0.179. The molecular formula is C20H19BrN4O2S. The summed E-state index contributed by atoms with van der Waals surface area (Å²) in [5, 5.41) is 6.15. The number of aryl methyl sites for hydroxylation is 2. The van der Waals surface area contributed by atoms with Crippen molar-refractivity contribution in [1.82, 2.24) is 14.8 Å². The summed E-state index contributed by atoms with van der Waals surface area (Å²) >= 11 is 3.32. The van der Waals surface area contributed by atoms with Gasteiger partial charge in [0.25, 0.3) is 10.0 Å². The molecule has 0 atom stereocenters. The first kappa shape index (κ1) is 18.9. The van der Waals surface area contributed by atoms with E-state index in [9.17, 15) is 8.42 Å². The molecule has 0 aliphatic heterocycles. The molecule has 0 amide bonds. The topological polar surface area (TPSA) is 76.9 Å². The summed E-state index contributed by atoms with van der Waals surface area (Å²) in [4.78, 5) is 4.91. The maximum atomic E-state index is 12.8. The van der Waals surface area contributed by atoms with Crippen LogP contribution in [0.1, 0.15) is 18.9 Å². The van der Waals surface area contributed by atoms with E-state index in [1.165, 1.54) is 0 Å². The number of halogens is 1. The van der Waals surface area contributed by atoms with Crippen LogP contribution in [0, 0.1) is 6.92 Å². The molecule has 0 spiro atoms. The molecule has 2 aromatic carbocycles. The predicted molar refractivity (Wildman–Crippen MR) is 115 cm³/mol. The van der Waals surface area contributed by atoms with E-state index in [1.54, 1.807) is 28.9 Å². The van der Waals surface area contributed by atoms with Crippen molar-refractivity contribution in [2.75, 3.05) is 4.72 Å². The van der Waals surface area contributed by atoms with E-state index in [1.807, 2.05) is 38.1 Å². The highest BCUT2D eigenvalue weighted by atomic mass is 79.9. The molecule has 0 saturated carbocycles. The molecular weight excluding hydrogens is 440 g/mol. The molecule has 4 rings (SSSR count). The van der Waals surface area contributed by atoms with E-state index >= 15 is 0 Å². The van der Waals surface area contributed by atoms with Gasteiger partial charge in [-0.15, -0.1) is 0 Å². The maximum Gasteiger partial charge on any atom is 0.263 e. The lowest BCUT2D eigenvalue weighted by Crippen LogP contribution is -2.13. The molecule has 6 nitrogen and oxygen atoms in total. The summed E-state index contributed by atoms with van der Waals surface area (Å²) < 4.78 is 30.9. The Morgan fingerprint density at radius 3 is 2.57 bits per heavy atom. The van der Waals surface area contributed by atoms with Crippen molar-refractivity contribution in [2.45, 2.75) is 31.7 Å². The van der Waals surface area contributed by atoms with Gasteiger partial charge in [0.15, 0.2) is 11.5 Å². The van der Waals surface area contributed by atoms with Crippen LogP contribution in [-0.4, -0.2) is 23.2 Å². The van der Waals surface area contributed by atoms with Crippen molar-refractivity contribution in [1.29, 1.82) is 0 Å². The number of anilines is 1. The number of rotatable bonds is 5. The van der Waals surface area contributed by atoms with Crippen molar-refractivity contribution in [3.63, 3.8) is 0 Å². The Balaban J connectivity index is 1.86. The normalized spacial score (nSPS) is 12.0. The van der Waals surface area contributed by atoms with Crippen molar-refractivity contribution < 1.29 is 8.42 Å². The zero-order valence-electron chi connectivity index (χ0n) is 15.5. The van der Waals surface area contributed by atoms with Gasteiger partial charge < -0.3 is 0 Å². The van der Waals surface area contributed by atoms with Crippen molar-refractivity contribution in [3.05, 3.63) is 58.6 Å². The number of hydrogen-bond donors (Lipinski definition) is 1. The second kappa shape index (κ2) is 7.18. The van der Waals surface area contributed by atoms with Crippen LogP contribution in [0.4, 0.5) is 5.82 Å². The lowest BCUT2D eigenvalue weighted by atomic mass is 10.1. The molecule has 28 heavy (non-hydrogen) atoms. The fraction of sp³-hybridized carbons (Fsp3) is 0.200. The quantitative estimate of drug-likeness (QED) is 0.462. The number of nitrogens with one attached hydrogen (secondary N) is 1. The molecule has 0 radical (unpaired) electrons. The Kier molecular flexibility index (Phi) is 4.84. The first-order valence-electron chi connectivity index (χ1n) is 8.94. The highest BCUT2D eigenvalue weighted by Gasteiger charge is 2.20. The van der Waals surface area contributed by atoms with Gasteiger partial charge in [0, 0.05) is 16.4 Å². The second-order valence-corrected chi connectivity index (χ2v) is 9.28. The first-order chi connectivity index (χ1) is 13.4. The molecule has 4 aromatic rings. The summed E-state index contributed by atoms with van der Waals surface area (Å²) in [5.74, 6) is 0.294. The van der Waals surface area contributed by atoms with Crippen molar-refractivity contribution in [2.24, 2.45) is 0 Å². The van der Waals surface area contributed by atoms with Gasteiger partial charge in [-0.25, -0.2) is 18.1 Å². The Morgan fingerprint density at radius 2 is 1.86 bits per heavy atom. The molecule has 2 aromatic heterocycles. The molecule has 144 valence electrons. The smallest absolute Gasteiger partial charge is 0.261 e. The molecule has 0 aliphatic rings. The molecule has 2 heterocycles. The third-order valence-corrected chi connectivity index (χ3v) is 6.34. The molecule has 0 unspecified atom stereocenters. The number of hydrogen-bond acceptors (Lipinski definition) is 4. The van der Waals surface area contributed by atoms with Crippen LogP contribution in [-0.2, 0) is 16.6 Å². The number of fused-ring (bicyclic) bond motifs is 2. The van der Waals surface area contributed by atoms with Crippen LogP contribution in [0.5, 0.6) is 0 Å². The van der Waals surface area contributed by atoms with Crippen LogP contribution in [0.15, 0.2) is 57.9 Å². The predicted octanol–water partition coefficient (Wildman–Crippen LogP) is 4.87. The highest BCUT2D eigenvalue weighted by Crippen LogP contribution is 2.28. The monoisotopic (exact) mass is 458 g/mol. The lowest BCUT2D eigenvalue weighted by Gasteiger charge is -2.06. The lowest BCUT2D eigenvalue weighted by molar-refractivity contribution is 0.599. The van der Waals surface area contributed by atoms with Gasteiger partial charge in [-0.2, -0.15) is 5.10 Å². The number of nitrogens with zero attached hydrogens (tertiary/aromatic N) is 3. The van der Waals surface area contributed by atoms with E-state index < -0.39 is 10.0 Å². The third-order valence-electron chi connectivity index (χ3n) is 4.46. The number of sulfonamides is 1. The Labute approximate surface area is 171 Å². The molecule has 8 heteroatoms. The number of benzene rings is 2. The summed E-state index contributed by atoms with van der Waals surface area (Å²) in [5.41, 5.74) is 2.65. The average Bonchev–Trinajstić information content (AvgIpc) is 2.96. The molecule has 0 fully saturated rings. The fourth-order valence-electron chi connectivity index (χ4n) is 3.12. The van der Waals surface area contributed by atoms with Gasteiger partial charge in [0.1, 0.15) is 0 Å². The van der Waals surface area contributed by atoms with E-state index in [0.717, 1.165) is 27.4 Å². The number of pyridine rings is 1. The zero-order valence-corrected chi connectivity index (χ0v) is 17.9. The summed E-state index contributed by atoms with van der Waals surface area (Å²) in [6.07, 6.45) is 0.864. The van der Waals surface area contributed by atoms with Crippen molar-refractivity contribution in [3.8, 4) is 0 Å². The summed E-state index contributed by atoms with van der Waals surface area (Å²) in [6.45, 7) is 4.71. The Hall–Kier alpha value is -2.45. The van der Waals surface area contributed by atoms with Crippen LogP contribution >= 0.6 is 15.9 Å². The van der Waals surface area contributed by atoms with E-state index in [0.29, 0.717) is 23.4 Å². The minimum atomic E-state index is -3.76. The van der Waals surface area contributed by atoms with E-state index in [-0.39, 0.29) is 4.90 Å². The fourth-order valence-corrected chi connectivity index (χ4v) is 4.40. The minimum Gasteiger partial charge on any atom is -0.261 e. The van der Waals surface area contributed by atoms with Gasteiger partial charge in [0.2, 0.25) is 0 Å². The number of aromatic nitrogens is 3. The zero-order chi connectivity index (χ0) is 19.9. The highest BCUT2D eigenvalue weighted by molar-refractivity contribution is 9.10. The second-order valence-electron chi connectivity index (χ2n) is 6.69. The Bertz CT molecular complexity index is 1280.